The van der Waals surface area contributed by atoms with Crippen molar-refractivity contribution >= 4 is 24.7 Å². The summed E-state index contributed by atoms with van der Waals surface area (Å²) in [6.07, 6.45) is 13.8. The Morgan fingerprint density at radius 3 is 1.86 bits per heavy atom. The van der Waals surface area contributed by atoms with Crippen molar-refractivity contribution in [3.63, 3.8) is 0 Å². The van der Waals surface area contributed by atoms with Crippen LogP contribution in [0.5, 0.6) is 0 Å². The second-order valence-corrected chi connectivity index (χ2v) is 20.2. The number of unbranched alkanes of at least 4 members (excludes halogenated alkanes) is 3. The predicted octanol–water partition coefficient (Wildman–Crippen LogP) is 5.95. The van der Waals surface area contributed by atoms with Crippen LogP contribution in [0.4, 0.5) is 0 Å². The first kappa shape index (κ1) is 21.0. The van der Waals surface area contributed by atoms with Crippen LogP contribution in [0.25, 0.3) is 0 Å². The molecule has 0 heterocycles. The standard InChI is InChI=1S/C6H9O2.3C4H9.Sn/c1-2-5-8-6-3-4-7;3*1-3-4-2;/h2,4-5H,1,3,6H2;3*1,3-4H2,2H3;/b5-2-;;;;. The number of ether oxygens (including phenoxy) is 1. The van der Waals surface area contributed by atoms with Crippen molar-refractivity contribution in [1.82, 2.24) is 0 Å². The van der Waals surface area contributed by atoms with E-state index in [1.165, 1.54) is 43.0 Å². The molecule has 0 rings (SSSR count). The Hall–Kier alpha value is 0.00870. The maximum absolute atomic E-state index is 10.3. The molecule has 0 aromatic heterocycles. The molecule has 0 aliphatic carbocycles. The molecular weight excluding hydrogens is 367 g/mol. The molecule has 0 radical (unpaired) electrons. The zero-order chi connectivity index (χ0) is 15.8. The average molecular weight is 403 g/mol. The molecule has 0 unspecified atom stereocenters. The van der Waals surface area contributed by atoms with Crippen LogP contribution >= 0.6 is 0 Å². The van der Waals surface area contributed by atoms with E-state index in [0.29, 0.717) is 13.0 Å². The molecule has 21 heavy (non-hydrogen) atoms. The van der Waals surface area contributed by atoms with E-state index in [0.717, 1.165) is 6.29 Å². The van der Waals surface area contributed by atoms with E-state index >= 15 is 0 Å². The molecule has 124 valence electrons. The van der Waals surface area contributed by atoms with Crippen molar-refractivity contribution in [2.75, 3.05) is 6.61 Å². The number of hydrogen-bond acceptors (Lipinski definition) is 2. The van der Waals surface area contributed by atoms with Gasteiger partial charge in [0, 0.05) is 0 Å². The molecule has 0 aromatic rings. The zero-order valence-corrected chi connectivity index (χ0v) is 17.4. The molecule has 0 saturated carbocycles. The van der Waals surface area contributed by atoms with E-state index in [9.17, 15) is 4.79 Å². The number of hydrogen-bond donors (Lipinski definition) is 0. The average Bonchev–Trinajstić information content (AvgIpc) is 2.51. The Morgan fingerprint density at radius 1 is 0.905 bits per heavy atom. The number of allylic oxidation sites excluding steroid dienone is 1. The normalized spacial score (nSPS) is 12.0. The van der Waals surface area contributed by atoms with Gasteiger partial charge in [0.05, 0.1) is 0 Å². The summed E-state index contributed by atoms with van der Waals surface area (Å²) in [6.45, 7) is 7.47. The predicted molar refractivity (Wildman–Crippen MR) is 95.5 cm³/mol. The van der Waals surface area contributed by atoms with E-state index < -0.39 is 18.4 Å². The van der Waals surface area contributed by atoms with Gasteiger partial charge in [-0.1, -0.05) is 0 Å². The molecule has 0 aromatic carbocycles. The van der Waals surface area contributed by atoms with Crippen molar-refractivity contribution in [3.05, 3.63) is 12.3 Å². The molecule has 0 aliphatic heterocycles. The van der Waals surface area contributed by atoms with E-state index in [1.807, 2.05) is 6.26 Å². The molecule has 0 saturated heterocycles. The van der Waals surface area contributed by atoms with Gasteiger partial charge in [-0.25, -0.2) is 0 Å². The van der Waals surface area contributed by atoms with Gasteiger partial charge in [0.15, 0.2) is 0 Å². The summed E-state index contributed by atoms with van der Waals surface area (Å²) < 4.78 is 11.4. The quantitative estimate of drug-likeness (QED) is 0.146. The third-order valence-corrected chi connectivity index (χ3v) is 19.5. The Kier molecular flexibility index (Phi) is 14.9. The fourth-order valence-corrected chi connectivity index (χ4v) is 17.9. The molecular formula is C18H36O2Sn. The van der Waals surface area contributed by atoms with Crippen molar-refractivity contribution in [3.8, 4) is 0 Å². The molecule has 0 N–H and O–H groups in total. The van der Waals surface area contributed by atoms with Crippen molar-refractivity contribution < 1.29 is 9.53 Å². The zero-order valence-electron chi connectivity index (χ0n) is 14.5. The topological polar surface area (TPSA) is 26.3 Å². The monoisotopic (exact) mass is 404 g/mol. The van der Waals surface area contributed by atoms with Gasteiger partial charge in [-0.2, -0.15) is 0 Å². The summed E-state index contributed by atoms with van der Waals surface area (Å²) in [6, 6.07) is 0. The molecule has 0 amide bonds. The summed E-state index contributed by atoms with van der Waals surface area (Å²) in [7, 11) is 0. The fraction of sp³-hybridized carbons (Fsp3) is 0.833. The minimum absolute atomic E-state index is 0.500. The van der Waals surface area contributed by atoms with Gasteiger partial charge in [0.1, 0.15) is 0 Å². The van der Waals surface area contributed by atoms with Crippen molar-refractivity contribution in [2.45, 2.75) is 83.5 Å². The first-order chi connectivity index (χ1) is 10.2. The third kappa shape index (κ3) is 11.3. The number of carbonyl (C=O) groups excluding carboxylic acids is 1. The van der Waals surface area contributed by atoms with Crippen molar-refractivity contribution in [2.24, 2.45) is 0 Å². The molecule has 2 nitrogen and oxygen atoms in total. The Morgan fingerprint density at radius 2 is 1.43 bits per heavy atom. The summed E-state index contributed by atoms with van der Waals surface area (Å²) in [5.74, 6) is 0. The molecule has 0 fully saturated rings. The number of carbonyl (C=O) groups is 1. The summed E-state index contributed by atoms with van der Waals surface area (Å²) in [5.41, 5.74) is 0. The van der Waals surface area contributed by atoms with E-state index in [-0.39, 0.29) is 0 Å². The van der Waals surface area contributed by atoms with Crippen LogP contribution in [-0.2, 0) is 9.53 Å². The van der Waals surface area contributed by atoms with Gasteiger partial charge >= 0.3 is 137 Å². The van der Waals surface area contributed by atoms with Gasteiger partial charge in [0.25, 0.3) is 0 Å². The van der Waals surface area contributed by atoms with Crippen LogP contribution in [0.15, 0.2) is 12.3 Å². The molecule has 0 bridgehead atoms. The maximum atomic E-state index is 10.3. The third-order valence-electron chi connectivity index (χ3n) is 4.28. The van der Waals surface area contributed by atoms with Gasteiger partial charge in [-0.15, -0.1) is 0 Å². The fourth-order valence-electron chi connectivity index (χ4n) is 2.89. The van der Waals surface area contributed by atoms with E-state index in [2.05, 4.69) is 26.8 Å². The van der Waals surface area contributed by atoms with Crippen LogP contribution in [0.1, 0.15) is 65.7 Å². The molecule has 0 aliphatic rings. The van der Waals surface area contributed by atoms with E-state index in [4.69, 9.17) is 4.74 Å². The van der Waals surface area contributed by atoms with Crippen LogP contribution in [0, 0.1) is 0 Å². The summed E-state index contributed by atoms with van der Waals surface area (Å²) in [4.78, 5) is 10.3. The van der Waals surface area contributed by atoms with Gasteiger partial charge < -0.3 is 0 Å². The second kappa shape index (κ2) is 14.9. The SMILES string of the molecule is CCC[CH2][Sn]([CH2]/C=C\OCCC=O)([CH2]CCC)[CH2]CCC. The van der Waals surface area contributed by atoms with E-state index in [1.54, 1.807) is 13.3 Å². The van der Waals surface area contributed by atoms with Crippen LogP contribution < -0.4 is 0 Å². The van der Waals surface area contributed by atoms with Crippen LogP contribution in [0.3, 0.4) is 0 Å². The summed E-state index contributed by atoms with van der Waals surface area (Å²) >= 11 is -2.00. The van der Waals surface area contributed by atoms with Crippen molar-refractivity contribution in [1.29, 1.82) is 0 Å². The Labute approximate surface area is 136 Å². The van der Waals surface area contributed by atoms with Crippen LogP contribution in [-0.4, -0.2) is 31.3 Å². The first-order valence-electron chi connectivity index (χ1n) is 8.95. The second-order valence-electron chi connectivity index (χ2n) is 6.21. The number of aldehydes is 1. The summed E-state index contributed by atoms with van der Waals surface area (Å²) in [5, 5.41) is 0. The Balaban J connectivity index is 4.50. The Bertz CT molecular complexity index is 242. The molecule has 0 atom stereocenters. The molecule has 0 spiro atoms. The molecule has 3 heteroatoms. The van der Waals surface area contributed by atoms with Gasteiger partial charge in [0.2, 0.25) is 0 Å². The minimum atomic E-state index is -2.00. The van der Waals surface area contributed by atoms with Crippen LogP contribution in [0.2, 0.25) is 17.7 Å². The van der Waals surface area contributed by atoms with Gasteiger partial charge in [-0.05, 0) is 0 Å². The number of rotatable bonds is 15. The first-order valence-corrected chi connectivity index (χ1v) is 17.0. The van der Waals surface area contributed by atoms with Gasteiger partial charge in [-0.3, -0.25) is 0 Å².